The van der Waals surface area contributed by atoms with Gasteiger partial charge in [-0.1, -0.05) is 25.1 Å². The van der Waals surface area contributed by atoms with Crippen LogP contribution in [0, 0.1) is 5.92 Å². The number of aryl methyl sites for hydroxylation is 1. The average molecular weight is 261 g/mol. The van der Waals surface area contributed by atoms with E-state index in [2.05, 4.69) is 5.10 Å². The van der Waals surface area contributed by atoms with E-state index in [9.17, 15) is 4.79 Å². The van der Waals surface area contributed by atoms with Crippen molar-refractivity contribution >= 4 is 16.9 Å². The lowest BCUT2D eigenvalue weighted by atomic mass is 10.1. The summed E-state index contributed by atoms with van der Waals surface area (Å²) in [7, 11) is 3.84. The second kappa shape index (κ2) is 5.40. The third-order valence-electron chi connectivity index (χ3n) is 3.26. The van der Waals surface area contributed by atoms with E-state index in [4.69, 9.17) is 5.11 Å². The molecule has 1 N–H and O–H groups in total. The van der Waals surface area contributed by atoms with Gasteiger partial charge in [-0.25, -0.2) is 0 Å². The summed E-state index contributed by atoms with van der Waals surface area (Å²) >= 11 is 0. The monoisotopic (exact) mass is 261 g/mol. The van der Waals surface area contributed by atoms with Crippen LogP contribution in [0.1, 0.15) is 12.6 Å². The number of nitrogens with zero attached hydrogens (tertiary/aromatic N) is 3. The van der Waals surface area contributed by atoms with Gasteiger partial charge in [0.05, 0.1) is 17.1 Å². The van der Waals surface area contributed by atoms with E-state index in [1.807, 2.05) is 47.9 Å². The van der Waals surface area contributed by atoms with Gasteiger partial charge in [0.15, 0.2) is 0 Å². The molecule has 5 nitrogen and oxygen atoms in total. The van der Waals surface area contributed by atoms with Crippen molar-refractivity contribution in [2.75, 3.05) is 13.6 Å². The van der Waals surface area contributed by atoms with E-state index in [1.54, 1.807) is 6.92 Å². The van der Waals surface area contributed by atoms with Crippen LogP contribution in [0.25, 0.3) is 10.9 Å². The number of aliphatic carboxylic acids is 1. The quantitative estimate of drug-likeness (QED) is 0.890. The minimum atomic E-state index is -0.766. The van der Waals surface area contributed by atoms with Crippen molar-refractivity contribution in [3.05, 3.63) is 30.0 Å². The summed E-state index contributed by atoms with van der Waals surface area (Å²) < 4.78 is 1.86. The number of carboxylic acids is 1. The molecule has 1 atom stereocenters. The molecule has 0 fully saturated rings. The smallest absolute Gasteiger partial charge is 0.307 e. The third-order valence-corrected chi connectivity index (χ3v) is 3.26. The maximum atomic E-state index is 10.9. The molecule has 1 heterocycles. The number of hydrogen-bond donors (Lipinski definition) is 1. The van der Waals surface area contributed by atoms with Gasteiger partial charge in [-0.05, 0) is 13.1 Å². The van der Waals surface area contributed by atoms with Gasteiger partial charge in [0.2, 0.25) is 0 Å². The minimum absolute atomic E-state index is 0.375. The van der Waals surface area contributed by atoms with E-state index in [0.717, 1.165) is 16.6 Å². The summed E-state index contributed by atoms with van der Waals surface area (Å²) in [5.41, 5.74) is 2.08. The fraction of sp³-hybridized carbons (Fsp3) is 0.429. The summed E-state index contributed by atoms with van der Waals surface area (Å²) in [6, 6.07) is 8.06. The van der Waals surface area contributed by atoms with Crippen LogP contribution >= 0.6 is 0 Å². The molecule has 102 valence electrons. The number of benzene rings is 1. The maximum Gasteiger partial charge on any atom is 0.307 e. The number of rotatable bonds is 5. The molecule has 0 aliphatic rings. The van der Waals surface area contributed by atoms with Gasteiger partial charge < -0.3 is 5.11 Å². The summed E-state index contributed by atoms with van der Waals surface area (Å²) in [6.07, 6.45) is 0. The van der Waals surface area contributed by atoms with E-state index in [1.165, 1.54) is 0 Å². The predicted molar refractivity (Wildman–Crippen MR) is 73.8 cm³/mol. The Bertz CT molecular complexity index is 591. The second-order valence-corrected chi connectivity index (χ2v) is 5.02. The van der Waals surface area contributed by atoms with Crippen LogP contribution in [0.15, 0.2) is 24.3 Å². The van der Waals surface area contributed by atoms with Gasteiger partial charge >= 0.3 is 5.97 Å². The number of carboxylic acid groups (broad SMARTS) is 1. The first kappa shape index (κ1) is 13.5. The fourth-order valence-electron chi connectivity index (χ4n) is 2.27. The lowest BCUT2D eigenvalue weighted by molar-refractivity contribution is -0.141. The Balaban J connectivity index is 2.15. The molecule has 0 amide bonds. The first-order valence-corrected chi connectivity index (χ1v) is 6.31. The lowest BCUT2D eigenvalue weighted by Gasteiger charge is -2.17. The highest BCUT2D eigenvalue weighted by molar-refractivity contribution is 5.81. The van der Waals surface area contributed by atoms with Crippen molar-refractivity contribution in [3.8, 4) is 0 Å². The molecule has 1 aromatic heterocycles. The molecule has 0 aliphatic carbocycles. The SMILES string of the molecule is CC(CN(C)Cc1nn(C)c2ccccc12)C(=O)O. The number of carbonyl (C=O) groups is 1. The van der Waals surface area contributed by atoms with Gasteiger partial charge in [0, 0.05) is 25.5 Å². The van der Waals surface area contributed by atoms with Crippen LogP contribution in [0.2, 0.25) is 0 Å². The molecule has 5 heteroatoms. The average Bonchev–Trinajstić information content (AvgIpc) is 2.67. The molecule has 0 saturated heterocycles. The normalized spacial score (nSPS) is 13.1. The van der Waals surface area contributed by atoms with E-state index >= 15 is 0 Å². The Morgan fingerprint density at radius 2 is 2.16 bits per heavy atom. The first-order valence-electron chi connectivity index (χ1n) is 6.31. The molecular formula is C14H19N3O2. The molecule has 0 radical (unpaired) electrons. The number of para-hydroxylation sites is 1. The molecule has 0 spiro atoms. The fourth-order valence-corrected chi connectivity index (χ4v) is 2.27. The standard InChI is InChI=1S/C14H19N3O2/c1-10(14(18)19)8-16(2)9-12-11-6-4-5-7-13(11)17(3)15-12/h4-7,10H,8-9H2,1-3H3,(H,18,19). The van der Waals surface area contributed by atoms with Gasteiger partial charge in [0.1, 0.15) is 0 Å². The molecule has 0 saturated carbocycles. The van der Waals surface area contributed by atoms with Gasteiger partial charge in [0.25, 0.3) is 0 Å². The number of aromatic nitrogens is 2. The molecule has 0 bridgehead atoms. The van der Waals surface area contributed by atoms with Gasteiger partial charge in [-0.15, -0.1) is 0 Å². The van der Waals surface area contributed by atoms with Crippen molar-refractivity contribution in [3.63, 3.8) is 0 Å². The number of hydrogen-bond acceptors (Lipinski definition) is 3. The number of fused-ring (bicyclic) bond motifs is 1. The van der Waals surface area contributed by atoms with Crippen LogP contribution < -0.4 is 0 Å². The zero-order chi connectivity index (χ0) is 14.0. The first-order chi connectivity index (χ1) is 8.99. The molecule has 1 aromatic carbocycles. The van der Waals surface area contributed by atoms with Gasteiger partial charge in [-0.2, -0.15) is 5.10 Å². The molecule has 1 unspecified atom stereocenters. The zero-order valence-corrected chi connectivity index (χ0v) is 11.5. The largest absolute Gasteiger partial charge is 0.481 e. The van der Waals surface area contributed by atoms with Crippen molar-refractivity contribution in [2.24, 2.45) is 13.0 Å². The van der Waals surface area contributed by atoms with Crippen LogP contribution in [0.5, 0.6) is 0 Å². The highest BCUT2D eigenvalue weighted by atomic mass is 16.4. The topological polar surface area (TPSA) is 58.4 Å². The summed E-state index contributed by atoms with van der Waals surface area (Å²) in [5.74, 6) is -1.14. The molecule has 0 aliphatic heterocycles. The minimum Gasteiger partial charge on any atom is -0.481 e. The molecule has 2 aromatic rings. The van der Waals surface area contributed by atoms with Crippen molar-refractivity contribution in [2.45, 2.75) is 13.5 Å². The predicted octanol–water partition coefficient (Wildman–Crippen LogP) is 1.73. The molecule has 2 rings (SSSR count). The second-order valence-electron chi connectivity index (χ2n) is 5.02. The van der Waals surface area contributed by atoms with Gasteiger partial charge in [-0.3, -0.25) is 14.4 Å². The van der Waals surface area contributed by atoms with E-state index < -0.39 is 5.97 Å². The summed E-state index contributed by atoms with van der Waals surface area (Å²) in [6.45, 7) is 2.88. The van der Waals surface area contributed by atoms with E-state index in [0.29, 0.717) is 13.1 Å². The maximum absolute atomic E-state index is 10.9. The highest BCUT2D eigenvalue weighted by Crippen LogP contribution is 2.18. The van der Waals surface area contributed by atoms with E-state index in [-0.39, 0.29) is 5.92 Å². The van der Waals surface area contributed by atoms with Crippen molar-refractivity contribution < 1.29 is 9.90 Å². The van der Waals surface area contributed by atoms with Crippen LogP contribution in [0.3, 0.4) is 0 Å². The Hall–Kier alpha value is -1.88. The Morgan fingerprint density at radius 1 is 1.47 bits per heavy atom. The van der Waals surface area contributed by atoms with Crippen molar-refractivity contribution in [1.82, 2.24) is 14.7 Å². The summed E-state index contributed by atoms with van der Waals surface area (Å²) in [5, 5.41) is 14.6. The van der Waals surface area contributed by atoms with Crippen LogP contribution in [-0.4, -0.2) is 39.3 Å². The molecular weight excluding hydrogens is 242 g/mol. The summed E-state index contributed by atoms with van der Waals surface area (Å²) in [4.78, 5) is 12.9. The van der Waals surface area contributed by atoms with Crippen LogP contribution in [0.4, 0.5) is 0 Å². The van der Waals surface area contributed by atoms with Crippen LogP contribution in [-0.2, 0) is 18.4 Å². The molecule has 19 heavy (non-hydrogen) atoms. The highest BCUT2D eigenvalue weighted by Gasteiger charge is 2.16. The van der Waals surface area contributed by atoms with Crippen molar-refractivity contribution in [1.29, 1.82) is 0 Å². The Labute approximate surface area is 112 Å². The Morgan fingerprint density at radius 3 is 2.84 bits per heavy atom. The third kappa shape index (κ3) is 2.93. The lowest BCUT2D eigenvalue weighted by Crippen LogP contribution is -2.28. The Kier molecular flexibility index (Phi) is 3.85. The zero-order valence-electron chi connectivity index (χ0n) is 11.5.